The van der Waals surface area contributed by atoms with E-state index >= 15 is 0 Å². The minimum Gasteiger partial charge on any atom is -0.505 e. The van der Waals surface area contributed by atoms with Crippen LogP contribution in [0.4, 0.5) is 16.4 Å². The van der Waals surface area contributed by atoms with Crippen molar-refractivity contribution in [2.24, 2.45) is 0 Å². The first-order valence-corrected chi connectivity index (χ1v) is 12.9. The minimum absolute atomic E-state index is 0.101. The van der Waals surface area contributed by atoms with Crippen LogP contribution < -0.4 is 9.80 Å². The van der Waals surface area contributed by atoms with Crippen molar-refractivity contribution >= 4 is 23.6 Å². The molecule has 9 nitrogen and oxygen atoms in total. The molecule has 2 saturated heterocycles. The first-order chi connectivity index (χ1) is 19.0. The number of anilines is 2. The second-order valence-electron chi connectivity index (χ2n) is 9.99. The van der Waals surface area contributed by atoms with E-state index in [1.807, 2.05) is 61.5 Å². The molecule has 1 spiro atoms. The first-order valence-electron chi connectivity index (χ1n) is 12.9. The largest absolute Gasteiger partial charge is 0.505 e. The Bertz CT molecular complexity index is 1500. The number of aromatic nitrogens is 3. The summed E-state index contributed by atoms with van der Waals surface area (Å²) in [5, 5.41) is 9.75. The van der Waals surface area contributed by atoms with Gasteiger partial charge < -0.3 is 5.11 Å². The van der Waals surface area contributed by atoms with Crippen LogP contribution in [0.5, 0.6) is 5.75 Å². The number of nitrogens with zero attached hydrogens (tertiary/aromatic N) is 6. The highest BCUT2D eigenvalue weighted by atomic mass is 16.3. The van der Waals surface area contributed by atoms with Crippen molar-refractivity contribution in [2.45, 2.75) is 31.8 Å². The summed E-state index contributed by atoms with van der Waals surface area (Å²) in [5.41, 5.74) is 3.54. The van der Waals surface area contributed by atoms with Gasteiger partial charge >= 0.3 is 6.03 Å². The zero-order valence-corrected chi connectivity index (χ0v) is 21.6. The number of amides is 3. The van der Waals surface area contributed by atoms with Crippen molar-refractivity contribution in [1.82, 2.24) is 19.9 Å². The minimum atomic E-state index is -1.12. The number of likely N-dealkylation sites (tertiary alicyclic amines) is 1. The monoisotopic (exact) mass is 520 g/mol. The average molecular weight is 521 g/mol. The number of piperidine rings is 1. The summed E-state index contributed by atoms with van der Waals surface area (Å²) in [6, 6.07) is 20.8. The number of pyridine rings is 1. The zero-order valence-electron chi connectivity index (χ0n) is 21.6. The molecule has 2 fully saturated rings. The molecule has 0 atom stereocenters. The van der Waals surface area contributed by atoms with Crippen LogP contribution in [0.25, 0.3) is 11.1 Å². The molecule has 2 aromatic heterocycles. The standard InChI is InChI=1S/C30H28N6O3/c1-21-6-5-15-31-26(21)20-34-16-13-30(14-17-34)27(38)35(29(39)36(30)28-32-18-25(37)19-33-28)24-11-9-23(10-12-24)22-7-3-2-4-8-22/h2-12,15,18-19,37H,13-14,16-17,20H2,1H3. The van der Waals surface area contributed by atoms with Gasteiger partial charge in [-0.3, -0.25) is 14.7 Å². The molecule has 0 radical (unpaired) electrons. The Labute approximate surface area is 226 Å². The maximum atomic E-state index is 14.1. The maximum absolute atomic E-state index is 14.1. The molecule has 0 unspecified atom stereocenters. The van der Waals surface area contributed by atoms with Gasteiger partial charge in [0.05, 0.1) is 23.8 Å². The van der Waals surface area contributed by atoms with Gasteiger partial charge in [0, 0.05) is 25.8 Å². The fourth-order valence-corrected chi connectivity index (χ4v) is 5.46. The van der Waals surface area contributed by atoms with Gasteiger partial charge in [-0.05, 0) is 54.7 Å². The molecule has 2 aliphatic rings. The second kappa shape index (κ2) is 9.92. The molecule has 0 aliphatic carbocycles. The number of hydrogen-bond acceptors (Lipinski definition) is 7. The van der Waals surface area contributed by atoms with E-state index in [9.17, 15) is 14.7 Å². The summed E-state index contributed by atoms with van der Waals surface area (Å²) in [5.74, 6) is -0.298. The molecule has 2 aromatic carbocycles. The molecule has 1 N–H and O–H groups in total. The van der Waals surface area contributed by atoms with Crippen molar-refractivity contribution in [3.63, 3.8) is 0 Å². The lowest BCUT2D eigenvalue weighted by atomic mass is 9.85. The molecule has 196 valence electrons. The topological polar surface area (TPSA) is 103 Å². The lowest BCUT2D eigenvalue weighted by molar-refractivity contribution is -0.123. The number of carbonyl (C=O) groups excluding carboxylic acids is 2. The number of aromatic hydroxyl groups is 1. The van der Waals surface area contributed by atoms with E-state index < -0.39 is 11.6 Å². The van der Waals surface area contributed by atoms with Gasteiger partial charge in [0.25, 0.3) is 5.91 Å². The van der Waals surface area contributed by atoms with Crippen LogP contribution >= 0.6 is 0 Å². The van der Waals surface area contributed by atoms with Gasteiger partial charge in [-0.1, -0.05) is 48.5 Å². The Kier molecular flexibility index (Phi) is 6.28. The summed E-state index contributed by atoms with van der Waals surface area (Å²) in [7, 11) is 0. The third kappa shape index (κ3) is 4.40. The molecule has 3 amide bonds. The van der Waals surface area contributed by atoms with E-state index in [1.165, 1.54) is 22.2 Å². The van der Waals surface area contributed by atoms with Gasteiger partial charge in [0.1, 0.15) is 5.54 Å². The van der Waals surface area contributed by atoms with Crippen molar-refractivity contribution in [3.8, 4) is 16.9 Å². The SMILES string of the molecule is Cc1cccnc1CN1CCC2(CC1)C(=O)N(c1ccc(-c3ccccc3)cc1)C(=O)N2c1ncc(O)cn1. The Morgan fingerprint density at radius 3 is 2.18 bits per heavy atom. The highest BCUT2D eigenvalue weighted by Crippen LogP contribution is 2.42. The predicted molar refractivity (Wildman–Crippen MR) is 147 cm³/mol. The summed E-state index contributed by atoms with van der Waals surface area (Å²) in [4.78, 5) is 45.9. The highest BCUT2D eigenvalue weighted by molar-refractivity contribution is 6.30. The van der Waals surface area contributed by atoms with Crippen molar-refractivity contribution in [1.29, 1.82) is 0 Å². The Hall–Kier alpha value is -4.63. The van der Waals surface area contributed by atoms with Gasteiger partial charge in [0.15, 0.2) is 5.75 Å². The quantitative estimate of drug-likeness (QED) is 0.385. The molecule has 2 aliphatic heterocycles. The van der Waals surface area contributed by atoms with E-state index in [0.29, 0.717) is 38.2 Å². The van der Waals surface area contributed by atoms with E-state index in [2.05, 4.69) is 19.9 Å². The third-order valence-corrected chi connectivity index (χ3v) is 7.64. The van der Waals surface area contributed by atoms with Gasteiger partial charge in [0.2, 0.25) is 5.95 Å². The molecule has 39 heavy (non-hydrogen) atoms. The second-order valence-corrected chi connectivity index (χ2v) is 9.99. The summed E-state index contributed by atoms with van der Waals surface area (Å²) in [6.07, 6.45) is 5.12. The van der Waals surface area contributed by atoms with Gasteiger partial charge in [-0.25, -0.2) is 24.6 Å². The molecule has 4 heterocycles. The van der Waals surface area contributed by atoms with Crippen molar-refractivity contribution in [3.05, 3.63) is 96.6 Å². The Morgan fingerprint density at radius 1 is 0.846 bits per heavy atom. The third-order valence-electron chi connectivity index (χ3n) is 7.64. The van der Waals surface area contributed by atoms with E-state index in [1.54, 1.807) is 18.3 Å². The molecule has 4 aromatic rings. The number of aryl methyl sites for hydroxylation is 1. The lowest BCUT2D eigenvalue weighted by Crippen LogP contribution is -2.57. The zero-order chi connectivity index (χ0) is 27.0. The normalized spacial score (nSPS) is 17.3. The van der Waals surface area contributed by atoms with Crippen LogP contribution in [0.1, 0.15) is 24.1 Å². The molecule has 0 saturated carbocycles. The van der Waals surface area contributed by atoms with E-state index in [0.717, 1.165) is 22.4 Å². The van der Waals surface area contributed by atoms with Crippen molar-refractivity contribution in [2.75, 3.05) is 22.9 Å². The Morgan fingerprint density at radius 2 is 1.51 bits per heavy atom. The van der Waals surface area contributed by atoms with Crippen molar-refractivity contribution < 1.29 is 14.7 Å². The number of imide groups is 1. The lowest BCUT2D eigenvalue weighted by Gasteiger charge is -2.41. The Balaban J connectivity index is 1.31. The predicted octanol–water partition coefficient (Wildman–Crippen LogP) is 4.56. The maximum Gasteiger partial charge on any atom is 0.339 e. The highest BCUT2D eigenvalue weighted by Gasteiger charge is 2.60. The molecular formula is C30H28N6O3. The molecule has 6 rings (SSSR count). The molecular weight excluding hydrogens is 492 g/mol. The number of rotatable bonds is 5. The van der Waals surface area contributed by atoms with Crippen LogP contribution in [0, 0.1) is 6.92 Å². The van der Waals surface area contributed by atoms with E-state index in [4.69, 9.17) is 0 Å². The number of carbonyl (C=O) groups is 2. The number of urea groups is 1. The fourth-order valence-electron chi connectivity index (χ4n) is 5.46. The molecule has 0 bridgehead atoms. The summed E-state index contributed by atoms with van der Waals surface area (Å²) >= 11 is 0. The van der Waals surface area contributed by atoms with Crippen LogP contribution in [0.3, 0.4) is 0 Å². The van der Waals surface area contributed by atoms with Crippen LogP contribution in [-0.2, 0) is 11.3 Å². The number of benzene rings is 2. The first kappa shape index (κ1) is 24.7. The smallest absolute Gasteiger partial charge is 0.339 e. The van der Waals surface area contributed by atoms with Crippen LogP contribution in [-0.4, -0.2) is 55.5 Å². The molecule has 9 heteroatoms. The van der Waals surface area contributed by atoms with Gasteiger partial charge in [-0.15, -0.1) is 0 Å². The van der Waals surface area contributed by atoms with Crippen LogP contribution in [0.2, 0.25) is 0 Å². The number of hydrogen-bond donors (Lipinski definition) is 1. The average Bonchev–Trinajstić information content (AvgIpc) is 3.17. The van der Waals surface area contributed by atoms with E-state index in [-0.39, 0.29) is 17.6 Å². The summed E-state index contributed by atoms with van der Waals surface area (Å²) < 4.78 is 0. The van der Waals surface area contributed by atoms with Gasteiger partial charge in [-0.2, -0.15) is 0 Å². The van der Waals surface area contributed by atoms with Crippen LogP contribution in [0.15, 0.2) is 85.3 Å². The summed E-state index contributed by atoms with van der Waals surface area (Å²) in [6.45, 7) is 3.91. The fraction of sp³-hybridized carbons (Fsp3) is 0.233.